The van der Waals surface area contributed by atoms with Gasteiger partial charge in [0.15, 0.2) is 0 Å². The molecule has 14 heteroatoms. The first-order valence-corrected chi connectivity index (χ1v) is 24.8. The maximum Gasteiger partial charge on any atom is 0.407 e. The third kappa shape index (κ3) is 8.98. The zero-order chi connectivity index (χ0) is 47.5. The molecule has 0 radical (unpaired) electrons. The van der Waals surface area contributed by atoms with Crippen LogP contribution in [0.4, 0.5) is 9.59 Å². The summed E-state index contributed by atoms with van der Waals surface area (Å²) < 4.78 is 10.5. The van der Waals surface area contributed by atoms with Crippen molar-refractivity contribution in [3.05, 3.63) is 84.7 Å². The van der Waals surface area contributed by atoms with E-state index >= 15 is 0 Å². The lowest BCUT2D eigenvalue weighted by Gasteiger charge is -2.40. The van der Waals surface area contributed by atoms with Crippen LogP contribution in [0.5, 0.6) is 0 Å². The number of aromatic amines is 2. The van der Waals surface area contributed by atoms with E-state index in [1.165, 1.54) is 20.0 Å². The lowest BCUT2D eigenvalue weighted by molar-refractivity contribution is -0.141. The molecular weight excluding hydrogens is 857 g/mol. The number of methoxy groups -OCH3 is 1. The van der Waals surface area contributed by atoms with Gasteiger partial charge < -0.3 is 39.9 Å². The molecule has 5 fully saturated rings. The summed E-state index contributed by atoms with van der Waals surface area (Å²) in [5, 5.41) is 7.95. The number of nitrogens with one attached hydrogen (secondary N) is 4. The van der Waals surface area contributed by atoms with Crippen LogP contribution in [-0.2, 0) is 19.1 Å². The number of likely N-dealkylation sites (tertiary alicyclic amines) is 2. The van der Waals surface area contributed by atoms with E-state index in [0.717, 1.165) is 107 Å². The van der Waals surface area contributed by atoms with Gasteiger partial charge in [-0.1, -0.05) is 96.0 Å². The number of H-pyrrole nitrogens is 2. The van der Waals surface area contributed by atoms with Crippen molar-refractivity contribution in [1.29, 1.82) is 0 Å². The maximum absolute atomic E-state index is 14.5. The molecule has 1 spiro atoms. The van der Waals surface area contributed by atoms with Crippen molar-refractivity contribution in [3.63, 3.8) is 0 Å². The third-order valence-corrected chi connectivity index (χ3v) is 15.7. The highest BCUT2D eigenvalue weighted by molar-refractivity contribution is 5.91. The van der Waals surface area contributed by atoms with E-state index in [1.54, 1.807) is 0 Å². The van der Waals surface area contributed by atoms with Gasteiger partial charge in [-0.25, -0.2) is 19.6 Å². The second kappa shape index (κ2) is 18.0. The first-order valence-electron chi connectivity index (χ1n) is 24.8. The predicted molar refractivity (Wildman–Crippen MR) is 260 cm³/mol. The molecule has 68 heavy (non-hydrogen) atoms. The van der Waals surface area contributed by atoms with Gasteiger partial charge in [-0.05, 0) is 120 Å². The summed E-state index contributed by atoms with van der Waals surface area (Å²) in [5.41, 5.74) is 5.60. The second-order valence-corrected chi connectivity index (χ2v) is 21.9. The molecule has 6 atom stereocenters. The fourth-order valence-electron chi connectivity index (χ4n) is 11.7. The molecule has 4 amide bonds. The molecule has 4 heterocycles. The number of ether oxygens (including phenoxy) is 2. The maximum atomic E-state index is 14.5. The monoisotopic (exact) mass is 923 g/mol. The Morgan fingerprint density at radius 2 is 1.41 bits per heavy atom. The van der Waals surface area contributed by atoms with Gasteiger partial charge in [0.05, 0.1) is 49.6 Å². The Kier molecular flexibility index (Phi) is 12.1. The van der Waals surface area contributed by atoms with E-state index in [-0.39, 0.29) is 41.3 Å². The van der Waals surface area contributed by atoms with Crippen molar-refractivity contribution >= 4 is 34.8 Å². The highest BCUT2D eigenvalue weighted by Gasteiger charge is 2.56. The van der Waals surface area contributed by atoms with Crippen LogP contribution in [0.1, 0.15) is 123 Å². The molecule has 2 aromatic heterocycles. The Morgan fingerprint density at radius 3 is 2.09 bits per heavy atom. The summed E-state index contributed by atoms with van der Waals surface area (Å²) in [5.74, 6) is 1.97. The molecule has 2 aliphatic heterocycles. The molecule has 2 saturated heterocycles. The summed E-state index contributed by atoms with van der Waals surface area (Å²) in [6.45, 7) is 10.9. The zero-order valence-corrected chi connectivity index (χ0v) is 40.3. The minimum absolute atomic E-state index is 0.0723. The first-order chi connectivity index (χ1) is 32.7. The third-order valence-electron chi connectivity index (χ3n) is 15.7. The number of hydrogen-bond acceptors (Lipinski definition) is 8. The Morgan fingerprint density at radius 1 is 0.779 bits per heavy atom. The van der Waals surface area contributed by atoms with Gasteiger partial charge in [0.25, 0.3) is 0 Å². The molecule has 4 N–H and O–H groups in total. The topological polar surface area (TPSA) is 175 Å². The van der Waals surface area contributed by atoms with Crippen LogP contribution in [-0.4, -0.2) is 92.1 Å². The number of piperidine rings is 1. The predicted octanol–water partition coefficient (Wildman–Crippen LogP) is 10.1. The number of amides is 4. The number of nitrogens with zero attached hydrogens (tertiary/aromatic N) is 4. The fourth-order valence-corrected chi connectivity index (χ4v) is 11.7. The standard InChI is InChI=1S/C54H66N8O6/c1-31(2)44(59-51(65)67-6)49(63)61-30-54(21-22-54)26-43(61)47-55-28-42(57-47)38-18-17-36-23-35(15-16-37(36)24-38)33-11-13-34(14-12-33)41-27-56-48(58-41)45-39-19-20-40(25-39)62(45)50(64)46(53(3,4)5)60-52(66)68-29-32-9-7-8-10-32/h11-18,23-24,27-28,31-32,39-40,43-46H,7-10,19-22,25-26,29-30H2,1-6H3,(H,55,57)(H,56,58)(H,59,65)(H,60,66)/t39-,40+,43-,44-,45-,46+/m0/s1. The Labute approximate surface area is 398 Å². The normalized spacial score (nSPS) is 22.8. The second-order valence-electron chi connectivity index (χ2n) is 21.9. The van der Waals surface area contributed by atoms with Crippen molar-refractivity contribution < 1.29 is 28.7 Å². The summed E-state index contributed by atoms with van der Waals surface area (Å²) in [4.78, 5) is 74.5. The zero-order valence-electron chi connectivity index (χ0n) is 40.3. The average Bonchev–Trinajstić information content (AvgIpc) is 4.09. The van der Waals surface area contributed by atoms with Crippen molar-refractivity contribution in [3.8, 4) is 33.6 Å². The smallest absolute Gasteiger partial charge is 0.407 e. The molecular formula is C54H66N8O6. The van der Waals surface area contributed by atoms with Crippen molar-refractivity contribution in [2.24, 2.45) is 28.6 Å². The van der Waals surface area contributed by atoms with Crippen LogP contribution in [0.2, 0.25) is 0 Å². The molecule has 2 bridgehead atoms. The van der Waals surface area contributed by atoms with Gasteiger partial charge in [0.1, 0.15) is 23.7 Å². The first kappa shape index (κ1) is 45.6. The minimum Gasteiger partial charge on any atom is -0.453 e. The van der Waals surface area contributed by atoms with Gasteiger partial charge >= 0.3 is 12.2 Å². The van der Waals surface area contributed by atoms with Crippen LogP contribution in [0, 0.1) is 28.6 Å². The van der Waals surface area contributed by atoms with Crippen LogP contribution in [0.15, 0.2) is 73.1 Å². The van der Waals surface area contributed by atoms with Crippen LogP contribution < -0.4 is 10.6 Å². The summed E-state index contributed by atoms with van der Waals surface area (Å²) >= 11 is 0. The number of hydrogen-bond donors (Lipinski definition) is 4. The van der Waals surface area contributed by atoms with Crippen LogP contribution in [0.3, 0.4) is 0 Å². The van der Waals surface area contributed by atoms with E-state index in [4.69, 9.17) is 19.4 Å². The highest BCUT2D eigenvalue weighted by atomic mass is 16.5. The Hall–Kier alpha value is -6.18. The fraction of sp³-hybridized carbons (Fsp3) is 0.519. The van der Waals surface area contributed by atoms with Crippen LogP contribution >= 0.6 is 0 Å². The SMILES string of the molecule is COC(=O)N[C@H](C(=O)N1CC2(CC2)C[C@H]1c1ncc(-c2ccc3cc(-c4ccc(-c5cnc([C@@H]6[C@H]7CC[C@H](C7)N6C(=O)[C@@H](NC(=O)OCC6CCCC6)C(C)(C)C)[nH]5)cc4)ccc3c2)[nH]1)C(C)C. The molecule has 358 valence electrons. The van der Waals surface area contributed by atoms with E-state index < -0.39 is 29.7 Å². The molecule has 3 saturated carbocycles. The van der Waals surface area contributed by atoms with Crippen molar-refractivity contribution in [1.82, 2.24) is 40.4 Å². The lowest BCUT2D eigenvalue weighted by Crippen LogP contribution is -2.57. The van der Waals surface area contributed by atoms with Crippen LogP contribution in [0.25, 0.3) is 44.4 Å². The summed E-state index contributed by atoms with van der Waals surface area (Å²) in [6, 6.07) is 19.7. The van der Waals surface area contributed by atoms with Gasteiger partial charge in [-0.2, -0.15) is 0 Å². The molecule has 14 nitrogen and oxygen atoms in total. The molecule has 10 rings (SSSR count). The van der Waals surface area contributed by atoms with E-state index in [0.29, 0.717) is 25.0 Å². The Bertz CT molecular complexity index is 2690. The highest BCUT2D eigenvalue weighted by Crippen LogP contribution is 2.58. The Balaban J connectivity index is 0.815. The number of alkyl carbamates (subject to hydrolysis) is 2. The average molecular weight is 923 g/mol. The number of carbonyl (C=O) groups is 4. The summed E-state index contributed by atoms with van der Waals surface area (Å²) in [6.07, 6.45) is 13.1. The molecule has 5 aliphatic rings. The van der Waals surface area contributed by atoms with E-state index in [2.05, 4.69) is 81.3 Å². The quantitative estimate of drug-likeness (QED) is 0.0957. The van der Waals surface area contributed by atoms with E-state index in [1.807, 2.05) is 56.8 Å². The number of fused-ring (bicyclic) bond motifs is 3. The molecule has 3 aromatic carbocycles. The van der Waals surface area contributed by atoms with Gasteiger partial charge in [-0.3, -0.25) is 9.59 Å². The largest absolute Gasteiger partial charge is 0.453 e. The van der Waals surface area contributed by atoms with Gasteiger partial charge in [0.2, 0.25) is 11.8 Å². The van der Waals surface area contributed by atoms with Gasteiger partial charge in [0, 0.05) is 18.2 Å². The number of rotatable bonds is 12. The molecule has 0 unspecified atom stereocenters. The number of carbonyl (C=O) groups excluding carboxylic acids is 4. The number of imidazole rings is 2. The van der Waals surface area contributed by atoms with E-state index in [9.17, 15) is 19.2 Å². The number of aromatic nitrogens is 4. The van der Waals surface area contributed by atoms with Crippen molar-refractivity contribution in [2.75, 3.05) is 20.3 Å². The summed E-state index contributed by atoms with van der Waals surface area (Å²) in [7, 11) is 1.31. The molecule has 3 aliphatic carbocycles. The van der Waals surface area contributed by atoms with Gasteiger partial charge in [-0.15, -0.1) is 0 Å². The number of benzene rings is 3. The van der Waals surface area contributed by atoms with Crippen molar-refractivity contribution in [2.45, 2.75) is 129 Å². The lowest BCUT2D eigenvalue weighted by atomic mass is 9.85. The molecule has 5 aromatic rings. The minimum atomic E-state index is -0.726.